The molecule has 170 valence electrons. The van der Waals surface area contributed by atoms with Gasteiger partial charge in [0, 0.05) is 12.7 Å². The molecule has 0 atom stereocenters. The van der Waals surface area contributed by atoms with E-state index in [0.29, 0.717) is 11.0 Å². The first kappa shape index (κ1) is 21.3. The molecule has 8 heteroatoms. The van der Waals surface area contributed by atoms with Crippen molar-refractivity contribution in [3.05, 3.63) is 124 Å². The van der Waals surface area contributed by atoms with E-state index < -0.39 is 5.97 Å². The number of carbonyl (C=O) groups is 1. The molecular formula is C26H21N3O5. The van der Waals surface area contributed by atoms with Crippen molar-refractivity contribution in [2.24, 2.45) is 0 Å². The highest BCUT2D eigenvalue weighted by atomic mass is 16.6. The van der Waals surface area contributed by atoms with Gasteiger partial charge in [0.1, 0.15) is 18.7 Å². The van der Waals surface area contributed by atoms with Crippen LogP contribution in [0.2, 0.25) is 0 Å². The highest BCUT2D eigenvalue weighted by Crippen LogP contribution is 2.30. The fraction of sp³-hybridized carbons (Fsp3) is 0.115. The summed E-state index contributed by atoms with van der Waals surface area (Å²) < 4.78 is 18.7. The van der Waals surface area contributed by atoms with E-state index in [2.05, 4.69) is 9.97 Å². The van der Waals surface area contributed by atoms with Crippen LogP contribution in [0.3, 0.4) is 0 Å². The van der Waals surface area contributed by atoms with Gasteiger partial charge in [-0.15, -0.1) is 0 Å². The zero-order valence-corrected chi connectivity index (χ0v) is 18.1. The Bertz CT molecular complexity index is 1440. The first-order valence-electron chi connectivity index (χ1n) is 10.7. The second-order valence-corrected chi connectivity index (χ2v) is 7.60. The van der Waals surface area contributed by atoms with Gasteiger partial charge in [-0.25, -0.2) is 9.78 Å². The molecule has 3 heterocycles. The summed E-state index contributed by atoms with van der Waals surface area (Å²) in [7, 11) is 0. The summed E-state index contributed by atoms with van der Waals surface area (Å²) in [6.07, 6.45) is 4.72. The van der Waals surface area contributed by atoms with Crippen molar-refractivity contribution in [2.75, 3.05) is 0 Å². The Labute approximate surface area is 194 Å². The number of hydrogen-bond acceptors (Lipinski definition) is 6. The van der Waals surface area contributed by atoms with E-state index in [9.17, 15) is 9.59 Å². The molecule has 8 nitrogen and oxygen atoms in total. The number of benzene rings is 2. The van der Waals surface area contributed by atoms with Crippen molar-refractivity contribution >= 4 is 17.0 Å². The third-order valence-electron chi connectivity index (χ3n) is 5.28. The molecule has 4 aromatic rings. The average molecular weight is 455 g/mol. The summed E-state index contributed by atoms with van der Waals surface area (Å²) in [4.78, 5) is 32.5. The standard InChI is InChI=1S/C26H21N3O5/c30-25-22-20(11-13-27-22)28-17-29(25)14-12-21-23(32-15-18-7-3-1-4-8-18)24(26(31)34-21)33-16-19-9-5-2-6-10-19/h1-13,17,27H,14-16H2/b21-12-. The number of fused-ring (bicyclic) bond motifs is 1. The lowest BCUT2D eigenvalue weighted by atomic mass is 10.2. The van der Waals surface area contributed by atoms with Crippen molar-refractivity contribution in [1.29, 1.82) is 0 Å². The number of cyclic esters (lactones) is 1. The van der Waals surface area contributed by atoms with E-state index in [1.807, 2.05) is 60.7 Å². The summed E-state index contributed by atoms with van der Waals surface area (Å²) in [6, 6.07) is 20.8. The highest BCUT2D eigenvalue weighted by molar-refractivity contribution is 5.91. The molecule has 0 fully saturated rings. The number of aromatic nitrogens is 3. The third kappa shape index (κ3) is 4.47. The predicted octanol–water partition coefficient (Wildman–Crippen LogP) is 3.81. The molecule has 5 rings (SSSR count). The average Bonchev–Trinajstić information content (AvgIpc) is 3.47. The Morgan fingerprint density at radius 3 is 2.21 bits per heavy atom. The molecule has 1 N–H and O–H groups in total. The van der Waals surface area contributed by atoms with Gasteiger partial charge in [0.15, 0.2) is 5.76 Å². The topological polar surface area (TPSA) is 95.4 Å². The van der Waals surface area contributed by atoms with Crippen molar-refractivity contribution < 1.29 is 19.0 Å². The van der Waals surface area contributed by atoms with Gasteiger partial charge in [-0.3, -0.25) is 9.36 Å². The van der Waals surface area contributed by atoms with Crippen LogP contribution in [0.25, 0.3) is 11.0 Å². The first-order chi connectivity index (χ1) is 16.7. The van der Waals surface area contributed by atoms with Crippen molar-refractivity contribution in [3.63, 3.8) is 0 Å². The zero-order valence-electron chi connectivity index (χ0n) is 18.1. The minimum atomic E-state index is -0.643. The van der Waals surface area contributed by atoms with E-state index in [1.54, 1.807) is 18.3 Å². The molecule has 0 amide bonds. The minimum absolute atomic E-state index is 0.00340. The number of aromatic amines is 1. The van der Waals surface area contributed by atoms with Gasteiger partial charge in [0.25, 0.3) is 11.3 Å². The maximum Gasteiger partial charge on any atom is 0.383 e. The monoisotopic (exact) mass is 455 g/mol. The fourth-order valence-electron chi connectivity index (χ4n) is 3.53. The van der Waals surface area contributed by atoms with Crippen LogP contribution in [0, 0.1) is 0 Å². The second kappa shape index (κ2) is 9.50. The quantitative estimate of drug-likeness (QED) is 0.406. The lowest BCUT2D eigenvalue weighted by molar-refractivity contribution is -0.136. The van der Waals surface area contributed by atoms with Crippen LogP contribution in [0.1, 0.15) is 11.1 Å². The van der Waals surface area contributed by atoms with E-state index in [-0.39, 0.29) is 42.6 Å². The SMILES string of the molecule is O=C1O/C(=C\Cn2cnc3cc[nH]c3c2=O)C(OCc2ccccc2)=C1OCc1ccccc1. The first-order valence-corrected chi connectivity index (χ1v) is 10.7. The molecule has 0 aliphatic carbocycles. The molecule has 2 aromatic carbocycles. The van der Waals surface area contributed by atoms with E-state index >= 15 is 0 Å². The summed E-state index contributed by atoms with van der Waals surface area (Å²) in [5.74, 6) is -0.249. The van der Waals surface area contributed by atoms with Gasteiger partial charge < -0.3 is 19.2 Å². The van der Waals surface area contributed by atoms with Crippen LogP contribution in [0.5, 0.6) is 0 Å². The molecule has 1 aliphatic heterocycles. The number of allylic oxidation sites excluding steroid dienone is 1. The second-order valence-electron chi connectivity index (χ2n) is 7.60. The minimum Gasteiger partial charge on any atom is -0.481 e. The van der Waals surface area contributed by atoms with E-state index in [4.69, 9.17) is 14.2 Å². The van der Waals surface area contributed by atoms with Crippen LogP contribution < -0.4 is 5.56 Å². The van der Waals surface area contributed by atoms with Gasteiger partial charge in [-0.05, 0) is 23.3 Å². The van der Waals surface area contributed by atoms with Crippen LogP contribution in [0.15, 0.2) is 107 Å². The number of nitrogens with one attached hydrogen (secondary N) is 1. The lowest BCUT2D eigenvalue weighted by Crippen LogP contribution is -2.20. The van der Waals surface area contributed by atoms with Crippen molar-refractivity contribution in [2.45, 2.75) is 19.8 Å². The van der Waals surface area contributed by atoms with Gasteiger partial charge in [0.05, 0.1) is 11.8 Å². The lowest BCUT2D eigenvalue weighted by Gasteiger charge is -2.10. The van der Waals surface area contributed by atoms with Crippen LogP contribution >= 0.6 is 0 Å². The molecule has 1 aliphatic rings. The van der Waals surface area contributed by atoms with Gasteiger partial charge in [-0.1, -0.05) is 60.7 Å². The Hall–Kier alpha value is -4.59. The summed E-state index contributed by atoms with van der Waals surface area (Å²) >= 11 is 0. The molecule has 0 bridgehead atoms. The molecule has 0 saturated heterocycles. The molecule has 2 aromatic heterocycles. The Balaban J connectivity index is 1.42. The number of hydrogen-bond donors (Lipinski definition) is 1. The molecular weight excluding hydrogens is 434 g/mol. The summed E-state index contributed by atoms with van der Waals surface area (Å²) in [5, 5.41) is 0. The molecule has 0 spiro atoms. The van der Waals surface area contributed by atoms with Crippen molar-refractivity contribution in [1.82, 2.24) is 14.5 Å². The van der Waals surface area contributed by atoms with Gasteiger partial charge in [-0.2, -0.15) is 0 Å². The normalized spacial score (nSPS) is 14.6. The number of esters is 1. The number of ether oxygens (including phenoxy) is 3. The molecule has 34 heavy (non-hydrogen) atoms. The molecule has 0 saturated carbocycles. The maximum atomic E-state index is 12.7. The predicted molar refractivity (Wildman–Crippen MR) is 124 cm³/mol. The smallest absolute Gasteiger partial charge is 0.383 e. The summed E-state index contributed by atoms with van der Waals surface area (Å²) in [6.45, 7) is 0.537. The maximum absolute atomic E-state index is 12.7. The van der Waals surface area contributed by atoms with E-state index in [0.717, 1.165) is 11.1 Å². The Morgan fingerprint density at radius 1 is 0.882 bits per heavy atom. The number of nitrogens with zero attached hydrogens (tertiary/aromatic N) is 2. The van der Waals surface area contributed by atoms with Crippen LogP contribution in [0.4, 0.5) is 0 Å². The fourth-order valence-corrected chi connectivity index (χ4v) is 3.53. The van der Waals surface area contributed by atoms with Crippen LogP contribution in [-0.2, 0) is 38.8 Å². The molecule has 0 radical (unpaired) electrons. The zero-order chi connectivity index (χ0) is 23.3. The number of rotatable bonds is 8. The largest absolute Gasteiger partial charge is 0.481 e. The van der Waals surface area contributed by atoms with Crippen molar-refractivity contribution in [3.8, 4) is 0 Å². The summed E-state index contributed by atoms with van der Waals surface area (Å²) in [5.41, 5.74) is 2.59. The number of H-pyrrole nitrogens is 1. The molecule has 0 unspecified atom stereocenters. The number of carbonyl (C=O) groups excluding carboxylic acids is 1. The van der Waals surface area contributed by atoms with E-state index in [1.165, 1.54) is 10.9 Å². The Kier molecular flexibility index (Phi) is 5.94. The van der Waals surface area contributed by atoms with Gasteiger partial charge >= 0.3 is 5.97 Å². The highest BCUT2D eigenvalue weighted by Gasteiger charge is 2.34. The van der Waals surface area contributed by atoms with Crippen LogP contribution in [-0.4, -0.2) is 20.5 Å². The van der Waals surface area contributed by atoms with Gasteiger partial charge in [0.2, 0.25) is 5.76 Å². The Morgan fingerprint density at radius 2 is 1.53 bits per heavy atom. The third-order valence-corrected chi connectivity index (χ3v) is 5.28.